The molecule has 3 nitrogen and oxygen atoms in total. The summed E-state index contributed by atoms with van der Waals surface area (Å²) in [7, 11) is -2.38. The molecule has 0 saturated carbocycles. The van der Waals surface area contributed by atoms with Crippen molar-refractivity contribution in [3.8, 4) is 0 Å². The zero-order valence-corrected chi connectivity index (χ0v) is 14.8. The van der Waals surface area contributed by atoms with E-state index >= 15 is 0 Å². The van der Waals surface area contributed by atoms with Crippen molar-refractivity contribution in [3.63, 3.8) is 0 Å². The normalized spacial score (nSPS) is 12.0. The fourth-order valence-corrected chi connectivity index (χ4v) is 5.07. The van der Waals surface area contributed by atoms with Crippen molar-refractivity contribution in [1.29, 1.82) is 0 Å². The molecule has 0 aliphatic carbocycles. The smallest absolute Gasteiger partial charge is 0.374 e. The average Bonchev–Trinajstić information content (AvgIpc) is 2.39. The molecule has 0 amide bonds. The number of hydrogen-bond acceptors (Lipinski definition) is 4. The van der Waals surface area contributed by atoms with Gasteiger partial charge in [-0.3, -0.25) is 0 Å². The van der Waals surface area contributed by atoms with E-state index in [-0.39, 0.29) is 0 Å². The first kappa shape index (κ1) is 19.4. The van der Waals surface area contributed by atoms with Crippen LogP contribution in [0.1, 0.15) is 59.3 Å². The SMILES string of the molecule is CCO[Si](CCCCCCCCS)(OCC)OCC. The van der Waals surface area contributed by atoms with Crippen LogP contribution in [-0.2, 0) is 13.3 Å². The van der Waals surface area contributed by atoms with Crippen LogP contribution in [0.4, 0.5) is 0 Å². The molecule has 0 N–H and O–H groups in total. The second-order valence-electron chi connectivity index (χ2n) is 4.58. The van der Waals surface area contributed by atoms with Crippen molar-refractivity contribution in [2.45, 2.75) is 65.3 Å². The lowest BCUT2D eigenvalue weighted by molar-refractivity contribution is 0.0706. The van der Waals surface area contributed by atoms with Gasteiger partial charge in [-0.15, -0.1) is 0 Å². The Bertz CT molecular complexity index is 177. The fraction of sp³-hybridized carbons (Fsp3) is 1.00. The van der Waals surface area contributed by atoms with Crippen molar-refractivity contribution in [1.82, 2.24) is 0 Å². The first-order valence-electron chi connectivity index (χ1n) is 7.77. The van der Waals surface area contributed by atoms with Crippen LogP contribution >= 0.6 is 12.6 Å². The van der Waals surface area contributed by atoms with E-state index in [2.05, 4.69) is 12.6 Å². The minimum atomic E-state index is -2.38. The van der Waals surface area contributed by atoms with Gasteiger partial charge in [0.25, 0.3) is 0 Å². The fourth-order valence-electron chi connectivity index (χ4n) is 2.16. The topological polar surface area (TPSA) is 27.7 Å². The molecule has 19 heavy (non-hydrogen) atoms. The molecule has 0 fully saturated rings. The lowest BCUT2D eigenvalue weighted by atomic mass is 10.1. The van der Waals surface area contributed by atoms with Gasteiger partial charge in [-0.05, 0) is 39.4 Å². The van der Waals surface area contributed by atoms with Gasteiger partial charge in [0.2, 0.25) is 0 Å². The molecule has 116 valence electrons. The van der Waals surface area contributed by atoms with Crippen LogP contribution in [0.15, 0.2) is 0 Å². The zero-order valence-electron chi connectivity index (χ0n) is 13.0. The van der Waals surface area contributed by atoms with Gasteiger partial charge in [0.15, 0.2) is 0 Å². The number of thiol groups is 1. The Labute approximate surface area is 126 Å². The van der Waals surface area contributed by atoms with Crippen molar-refractivity contribution < 1.29 is 13.3 Å². The van der Waals surface area contributed by atoms with Crippen LogP contribution in [0.25, 0.3) is 0 Å². The maximum Gasteiger partial charge on any atom is 0.500 e. The molecule has 0 aromatic rings. The summed E-state index contributed by atoms with van der Waals surface area (Å²) in [5, 5.41) is 0. The lowest BCUT2D eigenvalue weighted by Crippen LogP contribution is -2.45. The highest BCUT2D eigenvalue weighted by atomic mass is 32.1. The number of hydrogen-bond donors (Lipinski definition) is 1. The van der Waals surface area contributed by atoms with Crippen LogP contribution in [0.3, 0.4) is 0 Å². The minimum absolute atomic E-state index is 0.675. The Kier molecular flexibility index (Phi) is 13.7. The van der Waals surface area contributed by atoms with E-state index in [1.807, 2.05) is 20.8 Å². The maximum atomic E-state index is 5.84. The minimum Gasteiger partial charge on any atom is -0.374 e. The van der Waals surface area contributed by atoms with Gasteiger partial charge in [0.1, 0.15) is 0 Å². The maximum absolute atomic E-state index is 5.84. The van der Waals surface area contributed by atoms with Crippen LogP contribution in [0.2, 0.25) is 6.04 Å². The Morgan fingerprint density at radius 1 is 0.684 bits per heavy atom. The molecule has 0 bridgehead atoms. The van der Waals surface area contributed by atoms with E-state index in [0.717, 1.165) is 18.2 Å². The van der Waals surface area contributed by atoms with E-state index in [9.17, 15) is 0 Å². The van der Waals surface area contributed by atoms with Gasteiger partial charge in [0.05, 0.1) is 0 Å². The first-order chi connectivity index (χ1) is 9.24. The molecule has 0 aliphatic rings. The predicted molar refractivity (Wildman–Crippen MR) is 87.0 cm³/mol. The summed E-state index contributed by atoms with van der Waals surface area (Å²) < 4.78 is 17.5. The van der Waals surface area contributed by atoms with E-state index in [1.165, 1.54) is 32.1 Å². The van der Waals surface area contributed by atoms with Crippen molar-refractivity contribution in [2.75, 3.05) is 25.6 Å². The molecular formula is C14H32O3SSi. The summed E-state index contributed by atoms with van der Waals surface area (Å²) >= 11 is 4.23. The largest absolute Gasteiger partial charge is 0.500 e. The summed E-state index contributed by atoms with van der Waals surface area (Å²) in [6, 6.07) is 0.953. The van der Waals surface area contributed by atoms with E-state index in [1.54, 1.807) is 0 Å². The second-order valence-corrected chi connectivity index (χ2v) is 7.76. The van der Waals surface area contributed by atoms with Crippen molar-refractivity contribution in [2.24, 2.45) is 0 Å². The molecule has 0 atom stereocenters. The summed E-state index contributed by atoms with van der Waals surface area (Å²) in [6.45, 7) is 8.06. The number of unbranched alkanes of at least 4 members (excludes halogenated alkanes) is 5. The van der Waals surface area contributed by atoms with Gasteiger partial charge < -0.3 is 13.3 Å². The van der Waals surface area contributed by atoms with Crippen molar-refractivity contribution in [3.05, 3.63) is 0 Å². The van der Waals surface area contributed by atoms with E-state index in [0.29, 0.717) is 19.8 Å². The van der Waals surface area contributed by atoms with Gasteiger partial charge >= 0.3 is 8.80 Å². The Morgan fingerprint density at radius 2 is 1.11 bits per heavy atom. The summed E-state index contributed by atoms with van der Waals surface area (Å²) in [4.78, 5) is 0. The molecule has 5 heteroatoms. The summed E-state index contributed by atoms with van der Waals surface area (Å²) in [6.07, 6.45) is 7.53. The molecule has 0 aromatic carbocycles. The van der Waals surface area contributed by atoms with Crippen molar-refractivity contribution >= 4 is 21.4 Å². The highest BCUT2D eigenvalue weighted by Crippen LogP contribution is 2.20. The summed E-state index contributed by atoms with van der Waals surface area (Å²) in [5.74, 6) is 1.01. The molecule has 0 aliphatic heterocycles. The molecule has 0 saturated heterocycles. The molecular weight excluding hydrogens is 276 g/mol. The van der Waals surface area contributed by atoms with Gasteiger partial charge in [-0.25, -0.2) is 0 Å². The molecule has 0 spiro atoms. The quantitative estimate of drug-likeness (QED) is 0.294. The third-order valence-electron chi connectivity index (χ3n) is 2.98. The molecule has 0 heterocycles. The highest BCUT2D eigenvalue weighted by molar-refractivity contribution is 7.80. The van der Waals surface area contributed by atoms with Crippen LogP contribution < -0.4 is 0 Å². The predicted octanol–water partition coefficient (Wildman–Crippen LogP) is 4.31. The standard InChI is InChI=1S/C14H32O3SSi/c1-4-15-19(16-5-2,17-6-3)14-12-10-8-7-9-11-13-18/h18H,4-14H2,1-3H3. The Hall–Kier alpha value is 0.447. The molecule has 0 unspecified atom stereocenters. The van der Waals surface area contributed by atoms with Gasteiger partial charge in [0, 0.05) is 25.9 Å². The first-order valence-corrected chi connectivity index (χ1v) is 10.3. The van der Waals surface area contributed by atoms with E-state index in [4.69, 9.17) is 13.3 Å². The Balaban J connectivity index is 3.89. The lowest BCUT2D eigenvalue weighted by Gasteiger charge is -2.28. The molecule has 0 radical (unpaired) electrons. The van der Waals surface area contributed by atoms with Crippen LogP contribution in [-0.4, -0.2) is 34.4 Å². The number of rotatable bonds is 14. The molecule has 0 rings (SSSR count). The van der Waals surface area contributed by atoms with Crippen LogP contribution in [0.5, 0.6) is 0 Å². The summed E-state index contributed by atoms with van der Waals surface area (Å²) in [5.41, 5.74) is 0. The third kappa shape index (κ3) is 9.90. The molecule has 0 aromatic heterocycles. The third-order valence-corrected chi connectivity index (χ3v) is 6.45. The monoisotopic (exact) mass is 308 g/mol. The zero-order chi connectivity index (χ0) is 14.4. The van der Waals surface area contributed by atoms with Crippen LogP contribution in [0, 0.1) is 0 Å². The highest BCUT2D eigenvalue weighted by Gasteiger charge is 2.39. The second kappa shape index (κ2) is 13.4. The average molecular weight is 309 g/mol. The Morgan fingerprint density at radius 3 is 1.53 bits per heavy atom. The van der Waals surface area contributed by atoms with Gasteiger partial charge in [-0.2, -0.15) is 12.6 Å². The van der Waals surface area contributed by atoms with Gasteiger partial charge in [-0.1, -0.05) is 25.7 Å². The van der Waals surface area contributed by atoms with E-state index < -0.39 is 8.80 Å².